The second-order valence-electron chi connectivity index (χ2n) is 8.03. The minimum atomic E-state index is -0.441. The van der Waals surface area contributed by atoms with E-state index in [0.29, 0.717) is 32.1 Å². The van der Waals surface area contributed by atoms with Gasteiger partial charge < -0.3 is 15.7 Å². The van der Waals surface area contributed by atoms with Gasteiger partial charge in [0.05, 0.1) is 25.0 Å². The number of aliphatic hydroxyl groups is 1. The zero-order chi connectivity index (χ0) is 21.3. The summed E-state index contributed by atoms with van der Waals surface area (Å²) in [4.78, 5) is 31.3. The summed E-state index contributed by atoms with van der Waals surface area (Å²) < 4.78 is 13.5. The number of amides is 2. The van der Waals surface area contributed by atoms with Gasteiger partial charge in [-0.15, -0.1) is 0 Å². The Hall–Kier alpha value is -2.74. The maximum Gasteiger partial charge on any atom is 0.233 e. The highest BCUT2D eigenvalue weighted by Gasteiger charge is 2.58. The normalized spacial score (nSPS) is 27.2. The molecule has 1 saturated heterocycles. The molecule has 3 aliphatic rings. The number of nitrogens with zero attached hydrogens (tertiary/aromatic N) is 2. The van der Waals surface area contributed by atoms with Crippen LogP contribution in [0.15, 0.2) is 35.3 Å². The minimum absolute atomic E-state index is 0.0477. The van der Waals surface area contributed by atoms with E-state index in [1.165, 1.54) is 11.0 Å². The standard InChI is InChI=1S/C22H27FN4O3/c1-2-24-22(26-11-13-3-6-17(23)16(9-13)12-28)25-7-8-27-20(29)18-14-4-5-15(10-14)19(18)21(27)30/h3-6,9,14-15,18-19,28H,2,7-8,10-12H2,1H3,(H2,24,25,26). The van der Waals surface area contributed by atoms with E-state index in [4.69, 9.17) is 0 Å². The van der Waals surface area contributed by atoms with Gasteiger partial charge in [0.25, 0.3) is 0 Å². The lowest BCUT2D eigenvalue weighted by molar-refractivity contribution is -0.140. The van der Waals surface area contributed by atoms with Gasteiger partial charge in [-0.25, -0.2) is 9.38 Å². The Morgan fingerprint density at radius 2 is 1.90 bits per heavy atom. The molecule has 0 radical (unpaired) electrons. The molecule has 8 heteroatoms. The maximum absolute atomic E-state index is 13.5. The molecule has 1 aromatic carbocycles. The highest BCUT2D eigenvalue weighted by atomic mass is 19.1. The molecule has 2 bridgehead atoms. The van der Waals surface area contributed by atoms with Gasteiger partial charge in [0, 0.05) is 25.2 Å². The van der Waals surface area contributed by atoms with Crippen molar-refractivity contribution in [3.63, 3.8) is 0 Å². The number of likely N-dealkylation sites (tertiary alicyclic amines) is 1. The zero-order valence-electron chi connectivity index (χ0n) is 17.0. The van der Waals surface area contributed by atoms with Crippen LogP contribution in [-0.2, 0) is 22.7 Å². The number of rotatable bonds is 7. The number of nitrogens with one attached hydrogen (secondary N) is 2. The predicted octanol–water partition coefficient (Wildman–Crippen LogP) is 1.18. The summed E-state index contributed by atoms with van der Waals surface area (Å²) in [5.74, 6) is 0.0988. The number of guanidine groups is 1. The molecule has 1 saturated carbocycles. The maximum atomic E-state index is 13.5. The lowest BCUT2D eigenvalue weighted by Gasteiger charge is -2.18. The van der Waals surface area contributed by atoms with Crippen LogP contribution in [0.5, 0.6) is 0 Å². The van der Waals surface area contributed by atoms with Gasteiger partial charge >= 0.3 is 0 Å². The summed E-state index contributed by atoms with van der Waals surface area (Å²) in [5, 5.41) is 15.5. The number of aliphatic hydroxyl groups excluding tert-OH is 1. The third-order valence-corrected chi connectivity index (χ3v) is 6.23. The quantitative estimate of drug-likeness (QED) is 0.270. The number of fused-ring (bicyclic) bond motifs is 5. The first-order chi connectivity index (χ1) is 14.5. The van der Waals surface area contributed by atoms with Crippen LogP contribution < -0.4 is 10.6 Å². The molecular formula is C22H27FN4O3. The lowest BCUT2D eigenvalue weighted by Crippen LogP contribution is -2.43. The number of carbonyl (C=O) groups is 2. The van der Waals surface area contributed by atoms with Crippen molar-refractivity contribution in [2.24, 2.45) is 28.7 Å². The zero-order valence-corrected chi connectivity index (χ0v) is 17.0. The SMILES string of the molecule is CCNC(=NCc1ccc(F)c(CO)c1)NCCN1C(=O)C2C3C=CC(C3)C2C1=O. The fraction of sp³-hybridized carbons (Fsp3) is 0.500. The third kappa shape index (κ3) is 3.71. The smallest absolute Gasteiger partial charge is 0.233 e. The van der Waals surface area contributed by atoms with Crippen molar-refractivity contribution in [2.75, 3.05) is 19.6 Å². The summed E-state index contributed by atoms with van der Waals surface area (Å²) in [6, 6.07) is 4.54. The number of aliphatic imine (C=N–C) groups is 1. The van der Waals surface area contributed by atoms with Gasteiger partial charge in [0.2, 0.25) is 11.8 Å². The number of imide groups is 1. The van der Waals surface area contributed by atoms with Crippen molar-refractivity contribution in [3.8, 4) is 0 Å². The van der Waals surface area contributed by atoms with Crippen LogP contribution in [0.1, 0.15) is 24.5 Å². The van der Waals surface area contributed by atoms with Crippen molar-refractivity contribution < 1.29 is 19.1 Å². The van der Waals surface area contributed by atoms with Crippen molar-refractivity contribution in [1.29, 1.82) is 0 Å². The molecule has 160 valence electrons. The Morgan fingerprint density at radius 3 is 2.53 bits per heavy atom. The van der Waals surface area contributed by atoms with E-state index in [2.05, 4.69) is 27.8 Å². The van der Waals surface area contributed by atoms with Crippen molar-refractivity contribution in [3.05, 3.63) is 47.3 Å². The van der Waals surface area contributed by atoms with Crippen LogP contribution in [0.2, 0.25) is 0 Å². The van der Waals surface area contributed by atoms with Gasteiger partial charge in [0.15, 0.2) is 5.96 Å². The van der Waals surface area contributed by atoms with Crippen LogP contribution in [0.3, 0.4) is 0 Å². The van der Waals surface area contributed by atoms with Crippen LogP contribution in [0.4, 0.5) is 4.39 Å². The number of benzene rings is 1. The summed E-state index contributed by atoms with van der Waals surface area (Å²) in [6.45, 7) is 3.24. The minimum Gasteiger partial charge on any atom is -0.392 e. The molecule has 4 unspecified atom stereocenters. The Balaban J connectivity index is 1.34. The number of hydrogen-bond acceptors (Lipinski definition) is 4. The summed E-state index contributed by atoms with van der Waals surface area (Å²) >= 11 is 0. The Morgan fingerprint density at radius 1 is 1.20 bits per heavy atom. The number of carbonyl (C=O) groups excluding carboxylic acids is 2. The third-order valence-electron chi connectivity index (χ3n) is 6.23. The Bertz CT molecular complexity index is 870. The molecular weight excluding hydrogens is 387 g/mol. The van der Waals surface area contributed by atoms with Gasteiger partial charge in [-0.05, 0) is 42.9 Å². The first kappa shape index (κ1) is 20.5. The number of halogens is 1. The second-order valence-corrected chi connectivity index (χ2v) is 8.03. The van der Waals surface area contributed by atoms with Crippen molar-refractivity contribution in [1.82, 2.24) is 15.5 Å². The largest absolute Gasteiger partial charge is 0.392 e. The molecule has 0 spiro atoms. The lowest BCUT2D eigenvalue weighted by atomic mass is 9.85. The Kier molecular flexibility index (Phi) is 5.85. The fourth-order valence-corrected chi connectivity index (χ4v) is 4.83. The highest BCUT2D eigenvalue weighted by molar-refractivity contribution is 6.06. The second kappa shape index (κ2) is 8.55. The molecule has 1 aromatic rings. The number of allylic oxidation sites excluding steroid dienone is 2. The van der Waals surface area contributed by atoms with E-state index in [9.17, 15) is 19.1 Å². The van der Waals surface area contributed by atoms with Gasteiger partial charge in [-0.2, -0.15) is 0 Å². The fourth-order valence-electron chi connectivity index (χ4n) is 4.83. The van der Waals surface area contributed by atoms with Crippen LogP contribution >= 0.6 is 0 Å². The summed E-state index contributed by atoms with van der Waals surface area (Å²) in [6.07, 6.45) is 5.11. The molecule has 2 aliphatic carbocycles. The monoisotopic (exact) mass is 414 g/mol. The van der Waals surface area contributed by atoms with E-state index in [0.717, 1.165) is 12.0 Å². The van der Waals surface area contributed by atoms with Gasteiger partial charge in [-0.3, -0.25) is 14.5 Å². The van der Waals surface area contributed by atoms with E-state index >= 15 is 0 Å². The first-order valence-electron chi connectivity index (χ1n) is 10.5. The molecule has 4 atom stereocenters. The molecule has 2 amide bonds. The van der Waals surface area contributed by atoms with Crippen LogP contribution in [0, 0.1) is 29.5 Å². The highest BCUT2D eigenvalue weighted by Crippen LogP contribution is 2.52. The Labute approximate surface area is 175 Å². The molecule has 7 nitrogen and oxygen atoms in total. The van der Waals surface area contributed by atoms with E-state index in [1.807, 2.05) is 6.92 Å². The molecule has 1 heterocycles. The number of hydrogen-bond donors (Lipinski definition) is 3. The summed E-state index contributed by atoms with van der Waals surface area (Å²) in [5.41, 5.74) is 1.01. The predicted molar refractivity (Wildman–Crippen MR) is 110 cm³/mol. The first-order valence-corrected chi connectivity index (χ1v) is 10.5. The van der Waals surface area contributed by atoms with Crippen LogP contribution in [-0.4, -0.2) is 47.4 Å². The molecule has 4 rings (SSSR count). The molecule has 2 fully saturated rings. The molecule has 3 N–H and O–H groups in total. The molecule has 30 heavy (non-hydrogen) atoms. The van der Waals surface area contributed by atoms with Gasteiger partial charge in [-0.1, -0.05) is 18.2 Å². The van der Waals surface area contributed by atoms with E-state index in [1.54, 1.807) is 12.1 Å². The van der Waals surface area contributed by atoms with Gasteiger partial charge in [0.1, 0.15) is 5.82 Å². The summed E-state index contributed by atoms with van der Waals surface area (Å²) in [7, 11) is 0. The van der Waals surface area contributed by atoms with E-state index in [-0.39, 0.29) is 47.7 Å². The van der Waals surface area contributed by atoms with Crippen molar-refractivity contribution in [2.45, 2.75) is 26.5 Å². The average molecular weight is 414 g/mol. The van der Waals surface area contributed by atoms with Crippen LogP contribution in [0.25, 0.3) is 0 Å². The molecule has 1 aliphatic heterocycles. The molecule has 0 aromatic heterocycles. The van der Waals surface area contributed by atoms with E-state index < -0.39 is 5.82 Å². The average Bonchev–Trinajstić information content (AvgIpc) is 3.42. The topological polar surface area (TPSA) is 94.0 Å². The van der Waals surface area contributed by atoms with Crippen molar-refractivity contribution >= 4 is 17.8 Å².